The van der Waals surface area contributed by atoms with E-state index in [9.17, 15) is 4.79 Å². The van der Waals surface area contributed by atoms with E-state index >= 15 is 0 Å². The number of carbonyl (C=O) groups is 1. The van der Waals surface area contributed by atoms with Gasteiger partial charge < -0.3 is 15.3 Å². The van der Waals surface area contributed by atoms with Crippen molar-refractivity contribution in [1.29, 1.82) is 0 Å². The smallest absolute Gasteiger partial charge is 0.303 e. The van der Waals surface area contributed by atoms with E-state index in [4.69, 9.17) is 5.11 Å². The Labute approximate surface area is 91.6 Å². The molecule has 0 unspecified atom stereocenters. The third-order valence-corrected chi connectivity index (χ3v) is 2.80. The van der Waals surface area contributed by atoms with Crippen molar-refractivity contribution in [3.63, 3.8) is 0 Å². The van der Waals surface area contributed by atoms with E-state index in [2.05, 4.69) is 10.2 Å². The molecule has 4 nitrogen and oxygen atoms in total. The molecular weight excluding hydrogens is 192 g/mol. The number of unbranched alkanes of at least 4 members (excludes halogenated alkanes) is 2. The number of carboxylic acids is 1. The van der Waals surface area contributed by atoms with Crippen LogP contribution in [0.5, 0.6) is 0 Å². The zero-order valence-corrected chi connectivity index (χ0v) is 9.37. The number of nitrogens with zero attached hydrogens (tertiary/aromatic N) is 1. The van der Waals surface area contributed by atoms with Crippen LogP contribution in [0.1, 0.15) is 32.1 Å². The molecule has 88 valence electrons. The van der Waals surface area contributed by atoms with Crippen LogP contribution >= 0.6 is 0 Å². The van der Waals surface area contributed by atoms with Gasteiger partial charge in [0, 0.05) is 19.5 Å². The van der Waals surface area contributed by atoms with Crippen molar-refractivity contribution in [3.05, 3.63) is 0 Å². The first-order valence-corrected chi connectivity index (χ1v) is 5.94. The molecule has 2 N–H and O–H groups in total. The van der Waals surface area contributed by atoms with Gasteiger partial charge in [0.05, 0.1) is 0 Å². The predicted molar refractivity (Wildman–Crippen MR) is 60.0 cm³/mol. The third kappa shape index (κ3) is 6.47. The van der Waals surface area contributed by atoms with Crippen LogP contribution in [-0.4, -0.2) is 48.7 Å². The molecule has 0 aromatic carbocycles. The fourth-order valence-corrected chi connectivity index (χ4v) is 1.91. The van der Waals surface area contributed by atoms with E-state index in [1.807, 2.05) is 0 Å². The molecule has 15 heavy (non-hydrogen) atoms. The molecule has 0 aromatic heterocycles. The number of nitrogens with one attached hydrogen (secondary N) is 1. The highest BCUT2D eigenvalue weighted by molar-refractivity contribution is 5.66. The van der Waals surface area contributed by atoms with Gasteiger partial charge in [0.2, 0.25) is 0 Å². The van der Waals surface area contributed by atoms with Crippen LogP contribution in [-0.2, 0) is 4.79 Å². The molecule has 0 aliphatic carbocycles. The molecule has 1 fully saturated rings. The van der Waals surface area contributed by atoms with Crippen LogP contribution in [0.25, 0.3) is 0 Å². The summed E-state index contributed by atoms with van der Waals surface area (Å²) in [6, 6.07) is 0. The van der Waals surface area contributed by atoms with E-state index in [1.165, 1.54) is 13.0 Å². The molecule has 1 aliphatic rings. The van der Waals surface area contributed by atoms with E-state index in [0.29, 0.717) is 6.42 Å². The number of rotatable bonds is 6. The monoisotopic (exact) mass is 214 g/mol. The molecule has 1 aliphatic heterocycles. The van der Waals surface area contributed by atoms with Gasteiger partial charge in [0.25, 0.3) is 0 Å². The number of aliphatic carboxylic acids is 1. The zero-order valence-electron chi connectivity index (χ0n) is 9.37. The molecule has 0 aromatic rings. The fraction of sp³-hybridized carbons (Fsp3) is 0.909. The SMILES string of the molecule is O=C(O)CCCCCN1CCCNCC1. The average molecular weight is 214 g/mol. The van der Waals surface area contributed by atoms with Gasteiger partial charge >= 0.3 is 5.97 Å². The largest absolute Gasteiger partial charge is 0.481 e. The van der Waals surface area contributed by atoms with Gasteiger partial charge in [-0.3, -0.25) is 4.79 Å². The Hall–Kier alpha value is -0.610. The summed E-state index contributed by atoms with van der Waals surface area (Å²) >= 11 is 0. The molecule has 4 heteroatoms. The average Bonchev–Trinajstić information content (AvgIpc) is 2.45. The summed E-state index contributed by atoms with van der Waals surface area (Å²) < 4.78 is 0. The van der Waals surface area contributed by atoms with Gasteiger partial charge in [-0.25, -0.2) is 0 Å². The van der Waals surface area contributed by atoms with E-state index in [0.717, 1.165) is 45.4 Å². The lowest BCUT2D eigenvalue weighted by molar-refractivity contribution is -0.137. The maximum atomic E-state index is 10.3. The highest BCUT2D eigenvalue weighted by Gasteiger charge is 2.07. The van der Waals surface area contributed by atoms with E-state index in [-0.39, 0.29) is 0 Å². The predicted octanol–water partition coefficient (Wildman–Crippen LogP) is 0.927. The number of hydrogen-bond acceptors (Lipinski definition) is 3. The van der Waals surface area contributed by atoms with Gasteiger partial charge in [-0.05, 0) is 38.9 Å². The topological polar surface area (TPSA) is 52.6 Å². The van der Waals surface area contributed by atoms with Crippen LogP contribution in [0.15, 0.2) is 0 Å². The Kier molecular flexibility index (Phi) is 6.36. The summed E-state index contributed by atoms with van der Waals surface area (Å²) in [5.41, 5.74) is 0. The molecule has 0 atom stereocenters. The molecule has 1 saturated heterocycles. The standard InChI is InChI=1S/C11H22N2O2/c14-11(15)5-2-1-3-8-13-9-4-6-12-7-10-13/h12H,1-10H2,(H,14,15). The maximum absolute atomic E-state index is 10.3. The van der Waals surface area contributed by atoms with Crippen LogP contribution in [0.3, 0.4) is 0 Å². The van der Waals surface area contributed by atoms with Crippen molar-refractivity contribution in [1.82, 2.24) is 10.2 Å². The summed E-state index contributed by atoms with van der Waals surface area (Å²) in [7, 11) is 0. The molecule has 0 spiro atoms. The lowest BCUT2D eigenvalue weighted by atomic mass is 10.2. The highest BCUT2D eigenvalue weighted by Crippen LogP contribution is 2.03. The Bertz CT molecular complexity index is 177. The lowest BCUT2D eigenvalue weighted by Crippen LogP contribution is -2.29. The van der Waals surface area contributed by atoms with Crippen molar-refractivity contribution >= 4 is 5.97 Å². The van der Waals surface area contributed by atoms with E-state index < -0.39 is 5.97 Å². The maximum Gasteiger partial charge on any atom is 0.303 e. The summed E-state index contributed by atoms with van der Waals surface area (Å²) in [5, 5.41) is 11.9. The van der Waals surface area contributed by atoms with E-state index in [1.54, 1.807) is 0 Å². The van der Waals surface area contributed by atoms with Crippen LogP contribution in [0.2, 0.25) is 0 Å². The summed E-state index contributed by atoms with van der Waals surface area (Å²) in [4.78, 5) is 12.8. The Morgan fingerprint density at radius 3 is 2.87 bits per heavy atom. The van der Waals surface area contributed by atoms with Gasteiger partial charge in [-0.1, -0.05) is 6.42 Å². The minimum Gasteiger partial charge on any atom is -0.481 e. The van der Waals surface area contributed by atoms with Crippen molar-refractivity contribution in [3.8, 4) is 0 Å². The van der Waals surface area contributed by atoms with Gasteiger partial charge in [0.15, 0.2) is 0 Å². The summed E-state index contributed by atoms with van der Waals surface area (Å²) in [6.45, 7) is 5.68. The van der Waals surface area contributed by atoms with Crippen molar-refractivity contribution in [2.75, 3.05) is 32.7 Å². The summed E-state index contributed by atoms with van der Waals surface area (Å²) in [5.74, 6) is -0.672. The Morgan fingerprint density at radius 1 is 1.20 bits per heavy atom. The van der Waals surface area contributed by atoms with Gasteiger partial charge in [-0.15, -0.1) is 0 Å². The summed E-state index contributed by atoms with van der Waals surface area (Å²) in [6.07, 6.45) is 4.54. The molecule has 0 amide bonds. The molecule has 1 heterocycles. The first-order chi connectivity index (χ1) is 7.29. The normalized spacial score (nSPS) is 18.7. The number of hydrogen-bond donors (Lipinski definition) is 2. The van der Waals surface area contributed by atoms with Crippen LogP contribution in [0.4, 0.5) is 0 Å². The fourth-order valence-electron chi connectivity index (χ4n) is 1.91. The Morgan fingerprint density at radius 2 is 2.07 bits per heavy atom. The molecule has 0 radical (unpaired) electrons. The second kappa shape index (κ2) is 7.65. The second-order valence-corrected chi connectivity index (χ2v) is 4.15. The highest BCUT2D eigenvalue weighted by atomic mass is 16.4. The molecular formula is C11H22N2O2. The second-order valence-electron chi connectivity index (χ2n) is 4.15. The van der Waals surface area contributed by atoms with Crippen molar-refractivity contribution in [2.45, 2.75) is 32.1 Å². The minimum atomic E-state index is -0.672. The Balaban J connectivity index is 1.96. The quantitative estimate of drug-likeness (QED) is 0.646. The first kappa shape index (κ1) is 12.5. The zero-order chi connectivity index (χ0) is 10.9. The van der Waals surface area contributed by atoms with Gasteiger partial charge in [-0.2, -0.15) is 0 Å². The molecule has 1 rings (SSSR count). The van der Waals surface area contributed by atoms with Crippen molar-refractivity contribution in [2.24, 2.45) is 0 Å². The first-order valence-electron chi connectivity index (χ1n) is 5.94. The number of carboxylic acid groups (broad SMARTS) is 1. The molecule has 0 saturated carbocycles. The van der Waals surface area contributed by atoms with Crippen molar-refractivity contribution < 1.29 is 9.90 Å². The van der Waals surface area contributed by atoms with Crippen LogP contribution in [0, 0.1) is 0 Å². The third-order valence-electron chi connectivity index (χ3n) is 2.80. The van der Waals surface area contributed by atoms with Crippen LogP contribution < -0.4 is 5.32 Å². The van der Waals surface area contributed by atoms with Gasteiger partial charge in [0.1, 0.15) is 0 Å². The molecule has 0 bridgehead atoms. The minimum absolute atomic E-state index is 0.321. The lowest BCUT2D eigenvalue weighted by Gasteiger charge is -2.18.